The fraction of sp³-hybridized carbons (Fsp3) is 0.556. The minimum Gasteiger partial charge on any atom is -0.376 e. The molecule has 2 fully saturated rings. The highest BCUT2D eigenvalue weighted by Crippen LogP contribution is 2.19. The van der Waals surface area contributed by atoms with Gasteiger partial charge in [-0.15, -0.1) is 0 Å². The van der Waals surface area contributed by atoms with E-state index in [9.17, 15) is 0 Å². The molecular weight excluding hydrogens is 320 g/mol. The van der Waals surface area contributed by atoms with Gasteiger partial charge in [-0.05, 0) is 62.0 Å². The van der Waals surface area contributed by atoms with Crippen LogP contribution < -0.4 is 15.6 Å². The van der Waals surface area contributed by atoms with Crippen LogP contribution in [0, 0.1) is 0 Å². The monoisotopic (exact) mass is 346 g/mol. The molecule has 2 N–H and O–H groups in total. The van der Waals surface area contributed by atoms with Gasteiger partial charge in [-0.2, -0.15) is 5.10 Å². The number of thiocarbonyl (C=S) groups is 1. The van der Waals surface area contributed by atoms with Gasteiger partial charge in [0.25, 0.3) is 0 Å². The van der Waals surface area contributed by atoms with Crippen molar-refractivity contribution >= 4 is 29.2 Å². The summed E-state index contributed by atoms with van der Waals surface area (Å²) in [5.41, 5.74) is 5.22. The molecule has 5 nitrogen and oxygen atoms in total. The zero-order valence-corrected chi connectivity index (χ0v) is 14.9. The lowest BCUT2D eigenvalue weighted by molar-refractivity contribution is 0.114. The fourth-order valence-electron chi connectivity index (χ4n) is 3.14. The van der Waals surface area contributed by atoms with Gasteiger partial charge in [-0.1, -0.05) is 12.1 Å². The maximum atomic E-state index is 5.55. The lowest BCUT2D eigenvalue weighted by Gasteiger charge is -2.28. The molecule has 0 saturated carbocycles. The highest BCUT2D eigenvalue weighted by atomic mass is 32.1. The standard InChI is InChI=1S/C18H26N4OS/c24-18(19-14-17-5-4-12-23-17)21-20-13-15-6-8-16(9-7-15)22-10-2-1-3-11-22/h6-9,13,17H,1-5,10-12,14H2,(H2,19,21,24)/b20-13-/t17-/m1/s1. The van der Waals surface area contributed by atoms with Crippen molar-refractivity contribution in [2.75, 3.05) is 31.1 Å². The van der Waals surface area contributed by atoms with Crippen LogP contribution in [-0.4, -0.2) is 43.7 Å². The Balaban J connectivity index is 1.41. The number of piperidine rings is 1. The Hall–Kier alpha value is -1.66. The summed E-state index contributed by atoms with van der Waals surface area (Å²) in [7, 11) is 0. The zero-order chi connectivity index (χ0) is 16.6. The van der Waals surface area contributed by atoms with E-state index in [1.165, 1.54) is 38.0 Å². The third kappa shape index (κ3) is 5.18. The SMILES string of the molecule is S=C(NC[C@H]1CCCO1)N/N=C\c1ccc(N2CCCCC2)cc1. The van der Waals surface area contributed by atoms with Crippen LogP contribution in [0.3, 0.4) is 0 Å². The molecule has 0 aliphatic carbocycles. The molecule has 0 bridgehead atoms. The van der Waals surface area contributed by atoms with Crippen molar-refractivity contribution in [3.05, 3.63) is 29.8 Å². The number of anilines is 1. The van der Waals surface area contributed by atoms with Crippen LogP contribution in [0.15, 0.2) is 29.4 Å². The largest absolute Gasteiger partial charge is 0.376 e. The van der Waals surface area contributed by atoms with Gasteiger partial charge in [0.1, 0.15) is 0 Å². The molecule has 0 amide bonds. The summed E-state index contributed by atoms with van der Waals surface area (Å²) >= 11 is 5.21. The van der Waals surface area contributed by atoms with Crippen LogP contribution in [0.5, 0.6) is 0 Å². The molecule has 2 saturated heterocycles. The molecule has 1 aromatic carbocycles. The van der Waals surface area contributed by atoms with Crippen LogP contribution in [0.1, 0.15) is 37.7 Å². The molecule has 2 aliphatic heterocycles. The number of nitrogens with zero attached hydrogens (tertiary/aromatic N) is 2. The van der Waals surface area contributed by atoms with Crippen molar-refractivity contribution in [3.8, 4) is 0 Å². The summed E-state index contributed by atoms with van der Waals surface area (Å²) < 4.78 is 5.55. The number of hydrogen-bond donors (Lipinski definition) is 2. The van der Waals surface area contributed by atoms with Crippen LogP contribution in [-0.2, 0) is 4.74 Å². The van der Waals surface area contributed by atoms with Gasteiger partial charge in [0.05, 0.1) is 12.3 Å². The fourth-order valence-corrected chi connectivity index (χ4v) is 3.28. The minimum absolute atomic E-state index is 0.274. The van der Waals surface area contributed by atoms with E-state index >= 15 is 0 Å². The molecule has 130 valence electrons. The van der Waals surface area contributed by atoms with Crippen LogP contribution in [0.4, 0.5) is 5.69 Å². The number of nitrogens with one attached hydrogen (secondary N) is 2. The highest BCUT2D eigenvalue weighted by Gasteiger charge is 2.15. The molecule has 6 heteroatoms. The summed E-state index contributed by atoms with van der Waals surface area (Å²) in [5.74, 6) is 0. The number of ether oxygens (including phenoxy) is 1. The first-order valence-corrected chi connectivity index (χ1v) is 9.25. The van der Waals surface area contributed by atoms with Crippen LogP contribution in [0.25, 0.3) is 0 Å². The van der Waals surface area contributed by atoms with E-state index in [0.717, 1.165) is 31.6 Å². The predicted octanol–water partition coefficient (Wildman–Crippen LogP) is 2.65. The maximum Gasteiger partial charge on any atom is 0.187 e. The van der Waals surface area contributed by atoms with Crippen molar-refractivity contribution in [2.24, 2.45) is 5.10 Å². The first kappa shape index (κ1) is 17.2. The summed E-state index contributed by atoms with van der Waals surface area (Å²) in [6.45, 7) is 3.93. The smallest absolute Gasteiger partial charge is 0.187 e. The lowest BCUT2D eigenvalue weighted by atomic mass is 10.1. The van der Waals surface area contributed by atoms with Gasteiger partial charge in [0.2, 0.25) is 0 Å². The summed E-state index contributed by atoms with van der Waals surface area (Å²) in [5, 5.41) is 7.87. The van der Waals surface area contributed by atoms with E-state index < -0.39 is 0 Å². The molecule has 3 rings (SSSR count). The Morgan fingerprint density at radius 1 is 1.21 bits per heavy atom. The Kier molecular flexibility index (Phi) is 6.43. The number of benzene rings is 1. The maximum absolute atomic E-state index is 5.55. The van der Waals surface area contributed by atoms with Crippen molar-refractivity contribution in [2.45, 2.75) is 38.2 Å². The predicted molar refractivity (Wildman–Crippen MR) is 103 cm³/mol. The Labute approximate surface area is 149 Å². The summed E-state index contributed by atoms with van der Waals surface area (Å²) in [6.07, 6.45) is 8.25. The first-order chi connectivity index (χ1) is 11.8. The highest BCUT2D eigenvalue weighted by molar-refractivity contribution is 7.80. The van der Waals surface area contributed by atoms with Crippen LogP contribution >= 0.6 is 12.2 Å². The first-order valence-electron chi connectivity index (χ1n) is 8.85. The number of rotatable bonds is 5. The average Bonchev–Trinajstić information content (AvgIpc) is 3.15. The molecular formula is C18H26N4OS. The second kappa shape index (κ2) is 8.99. The topological polar surface area (TPSA) is 48.9 Å². The molecule has 0 aromatic heterocycles. The van der Waals surface area contributed by atoms with Crippen molar-refractivity contribution in [1.29, 1.82) is 0 Å². The summed E-state index contributed by atoms with van der Waals surface area (Å²) in [6, 6.07) is 8.53. The third-order valence-corrected chi connectivity index (χ3v) is 4.74. The van der Waals surface area contributed by atoms with E-state index in [1.807, 2.05) is 0 Å². The second-order valence-corrected chi connectivity index (χ2v) is 6.76. The van der Waals surface area contributed by atoms with E-state index in [4.69, 9.17) is 17.0 Å². The molecule has 1 aromatic rings. The molecule has 0 spiro atoms. The van der Waals surface area contributed by atoms with Crippen molar-refractivity contribution in [1.82, 2.24) is 10.7 Å². The van der Waals surface area contributed by atoms with E-state index in [-0.39, 0.29) is 6.10 Å². The molecule has 2 heterocycles. The molecule has 24 heavy (non-hydrogen) atoms. The van der Waals surface area contributed by atoms with Gasteiger partial charge >= 0.3 is 0 Å². The summed E-state index contributed by atoms with van der Waals surface area (Å²) in [4.78, 5) is 2.45. The molecule has 1 atom stereocenters. The number of hydrazone groups is 1. The van der Waals surface area contributed by atoms with Gasteiger partial charge in [-0.25, -0.2) is 0 Å². The van der Waals surface area contributed by atoms with Crippen molar-refractivity contribution < 1.29 is 4.74 Å². The van der Waals surface area contributed by atoms with E-state index in [1.54, 1.807) is 6.21 Å². The second-order valence-electron chi connectivity index (χ2n) is 6.35. The van der Waals surface area contributed by atoms with Gasteiger partial charge in [0.15, 0.2) is 5.11 Å². The quantitative estimate of drug-likeness (QED) is 0.488. The minimum atomic E-state index is 0.274. The Morgan fingerprint density at radius 2 is 2.00 bits per heavy atom. The third-order valence-electron chi connectivity index (χ3n) is 4.51. The molecule has 0 unspecified atom stereocenters. The van der Waals surface area contributed by atoms with E-state index in [0.29, 0.717) is 5.11 Å². The van der Waals surface area contributed by atoms with E-state index in [2.05, 4.69) is 45.0 Å². The van der Waals surface area contributed by atoms with Crippen molar-refractivity contribution in [3.63, 3.8) is 0 Å². The van der Waals surface area contributed by atoms with Gasteiger partial charge in [0, 0.05) is 31.9 Å². The van der Waals surface area contributed by atoms with Crippen LogP contribution in [0.2, 0.25) is 0 Å². The average molecular weight is 347 g/mol. The normalized spacial score (nSPS) is 21.2. The Bertz CT molecular complexity index is 549. The zero-order valence-electron chi connectivity index (χ0n) is 14.0. The van der Waals surface area contributed by atoms with Gasteiger partial charge in [-0.3, -0.25) is 5.43 Å². The number of hydrogen-bond acceptors (Lipinski definition) is 4. The lowest BCUT2D eigenvalue weighted by Crippen LogP contribution is -2.37. The van der Waals surface area contributed by atoms with Gasteiger partial charge < -0.3 is 15.0 Å². The Morgan fingerprint density at radius 3 is 2.71 bits per heavy atom. The molecule has 0 radical (unpaired) electrons. The molecule has 2 aliphatic rings.